The topological polar surface area (TPSA) is 97.5 Å². The van der Waals surface area contributed by atoms with Crippen molar-refractivity contribution >= 4 is 17.0 Å². The number of fused-ring (bicyclic) bond motifs is 1. The molecule has 25 heavy (non-hydrogen) atoms. The van der Waals surface area contributed by atoms with Crippen molar-refractivity contribution in [3.05, 3.63) is 53.6 Å². The Kier molecular flexibility index (Phi) is 4.38. The van der Waals surface area contributed by atoms with Crippen LogP contribution in [0.2, 0.25) is 0 Å². The van der Waals surface area contributed by atoms with Gasteiger partial charge in [-0.2, -0.15) is 0 Å². The monoisotopic (exact) mass is 339 g/mol. The maximum atomic E-state index is 10.9. The van der Waals surface area contributed by atoms with Gasteiger partial charge in [0, 0.05) is 17.2 Å². The van der Waals surface area contributed by atoms with Crippen molar-refractivity contribution in [1.29, 1.82) is 0 Å². The van der Waals surface area contributed by atoms with Gasteiger partial charge < -0.3 is 14.9 Å². The minimum atomic E-state index is -0.998. The first kappa shape index (κ1) is 16.5. The summed E-state index contributed by atoms with van der Waals surface area (Å²) < 4.78 is 5.28. The smallest absolute Gasteiger partial charge is 0.330 e. The maximum absolute atomic E-state index is 10.9. The highest BCUT2D eigenvalue weighted by molar-refractivity contribution is 5.85. The van der Waals surface area contributed by atoms with Gasteiger partial charge >= 0.3 is 5.97 Å². The van der Waals surface area contributed by atoms with Crippen LogP contribution >= 0.6 is 0 Å². The van der Waals surface area contributed by atoms with E-state index < -0.39 is 5.97 Å². The van der Waals surface area contributed by atoms with E-state index in [4.69, 9.17) is 9.84 Å². The van der Waals surface area contributed by atoms with E-state index in [1.807, 2.05) is 24.3 Å². The first-order chi connectivity index (χ1) is 12.0. The second-order valence-electron chi connectivity index (χ2n) is 5.53. The summed E-state index contributed by atoms with van der Waals surface area (Å²) in [6, 6.07) is 10.7. The van der Waals surface area contributed by atoms with Gasteiger partial charge in [-0.25, -0.2) is 4.79 Å². The summed E-state index contributed by atoms with van der Waals surface area (Å²) >= 11 is 0. The predicted octanol–water partition coefficient (Wildman–Crippen LogP) is 2.71. The lowest BCUT2D eigenvalue weighted by molar-refractivity contribution is -0.132. The molecule has 0 saturated heterocycles. The van der Waals surface area contributed by atoms with Crippen LogP contribution in [0.4, 0.5) is 0 Å². The molecule has 0 bridgehead atoms. The zero-order valence-corrected chi connectivity index (χ0v) is 13.8. The molecule has 7 nitrogen and oxygen atoms in total. The number of ether oxygens (including phenoxy) is 1. The van der Waals surface area contributed by atoms with E-state index >= 15 is 0 Å². The molecule has 0 saturated carbocycles. The molecule has 0 radical (unpaired) electrons. The van der Waals surface area contributed by atoms with Gasteiger partial charge in [0.1, 0.15) is 28.2 Å². The van der Waals surface area contributed by atoms with Gasteiger partial charge in [-0.1, -0.05) is 18.2 Å². The first-order valence-corrected chi connectivity index (χ1v) is 7.62. The van der Waals surface area contributed by atoms with Gasteiger partial charge in [0.05, 0.1) is 7.11 Å². The third-order valence-corrected chi connectivity index (χ3v) is 3.85. The van der Waals surface area contributed by atoms with Crippen molar-refractivity contribution in [2.45, 2.75) is 13.3 Å². The van der Waals surface area contributed by atoms with Gasteiger partial charge in [0.15, 0.2) is 0 Å². The van der Waals surface area contributed by atoms with Crippen LogP contribution in [0.15, 0.2) is 48.0 Å². The fourth-order valence-electron chi connectivity index (χ4n) is 2.39. The molecule has 7 heteroatoms. The molecule has 0 fully saturated rings. The number of carboxylic acid groups (broad SMARTS) is 1. The molecular weight excluding hydrogens is 322 g/mol. The molecule has 0 spiro atoms. The SMILES string of the molecule is COc1cc(CC=C(C)C(=O)O)c(O)c(-n2nc3ccccc3n2)c1. The molecule has 0 aliphatic rings. The van der Waals surface area contributed by atoms with E-state index in [9.17, 15) is 9.90 Å². The summed E-state index contributed by atoms with van der Waals surface area (Å²) in [4.78, 5) is 12.3. The van der Waals surface area contributed by atoms with E-state index in [2.05, 4.69) is 10.2 Å². The molecule has 1 aromatic heterocycles. The van der Waals surface area contributed by atoms with Crippen molar-refractivity contribution < 1.29 is 19.7 Å². The summed E-state index contributed by atoms with van der Waals surface area (Å²) in [5.74, 6) is -0.497. The van der Waals surface area contributed by atoms with Gasteiger partial charge in [-0.05, 0) is 31.5 Å². The Morgan fingerprint density at radius 1 is 1.24 bits per heavy atom. The molecule has 128 valence electrons. The number of allylic oxidation sites excluding steroid dienone is 1. The average Bonchev–Trinajstić information content (AvgIpc) is 3.04. The lowest BCUT2D eigenvalue weighted by Crippen LogP contribution is -2.02. The molecule has 3 aromatic rings. The lowest BCUT2D eigenvalue weighted by Gasteiger charge is -2.11. The minimum absolute atomic E-state index is 0.0180. The van der Waals surface area contributed by atoms with Crippen molar-refractivity contribution in [3.63, 3.8) is 0 Å². The van der Waals surface area contributed by atoms with E-state index in [0.717, 1.165) is 0 Å². The summed E-state index contributed by atoms with van der Waals surface area (Å²) in [7, 11) is 1.52. The van der Waals surface area contributed by atoms with Gasteiger partial charge in [0.25, 0.3) is 0 Å². The first-order valence-electron chi connectivity index (χ1n) is 7.62. The van der Waals surface area contributed by atoms with E-state index in [0.29, 0.717) is 28.0 Å². The highest BCUT2D eigenvalue weighted by atomic mass is 16.5. The van der Waals surface area contributed by atoms with Crippen LogP contribution in [0.1, 0.15) is 12.5 Å². The second kappa shape index (κ2) is 6.64. The number of phenolic OH excluding ortho intramolecular Hbond substituents is 1. The molecule has 0 aliphatic carbocycles. The highest BCUT2D eigenvalue weighted by Gasteiger charge is 2.15. The normalized spacial score (nSPS) is 11.7. The Morgan fingerprint density at radius 3 is 2.44 bits per heavy atom. The number of benzene rings is 2. The molecule has 1 heterocycles. The molecule has 0 aliphatic heterocycles. The van der Waals surface area contributed by atoms with Crippen molar-refractivity contribution in [2.75, 3.05) is 7.11 Å². The number of hydrogen-bond donors (Lipinski definition) is 2. The predicted molar refractivity (Wildman–Crippen MR) is 92.2 cm³/mol. The van der Waals surface area contributed by atoms with Crippen LogP contribution in [-0.4, -0.2) is 38.3 Å². The molecule has 0 unspecified atom stereocenters. The Labute approximate surface area is 143 Å². The van der Waals surface area contributed by atoms with Crippen LogP contribution in [-0.2, 0) is 11.2 Å². The number of nitrogens with zero attached hydrogens (tertiary/aromatic N) is 3. The summed E-state index contributed by atoms with van der Waals surface area (Å²) in [6.07, 6.45) is 1.78. The van der Waals surface area contributed by atoms with E-state index in [1.54, 1.807) is 12.1 Å². The summed E-state index contributed by atoms with van der Waals surface area (Å²) in [5, 5.41) is 28.3. The van der Waals surface area contributed by atoms with Crippen LogP contribution in [0.3, 0.4) is 0 Å². The molecule has 0 amide bonds. The standard InChI is InChI=1S/C18H17N3O4/c1-11(18(23)24)7-8-12-9-13(25-2)10-16(17(12)22)21-19-14-5-3-4-6-15(14)20-21/h3-7,9-10,22H,8H2,1-2H3,(H,23,24). The van der Waals surface area contributed by atoms with E-state index in [-0.39, 0.29) is 17.7 Å². The zero-order valence-electron chi connectivity index (χ0n) is 13.8. The van der Waals surface area contributed by atoms with Gasteiger partial charge in [-0.3, -0.25) is 0 Å². The Bertz CT molecular complexity index is 943. The minimum Gasteiger partial charge on any atom is -0.505 e. The number of rotatable bonds is 5. The van der Waals surface area contributed by atoms with E-state index in [1.165, 1.54) is 24.9 Å². The van der Waals surface area contributed by atoms with Crippen LogP contribution < -0.4 is 4.74 Å². The summed E-state index contributed by atoms with van der Waals surface area (Å²) in [6.45, 7) is 1.50. The third-order valence-electron chi connectivity index (χ3n) is 3.85. The largest absolute Gasteiger partial charge is 0.505 e. The number of aliphatic carboxylic acids is 1. The van der Waals surface area contributed by atoms with Gasteiger partial charge in [0.2, 0.25) is 0 Å². The number of hydrogen-bond acceptors (Lipinski definition) is 5. The van der Waals surface area contributed by atoms with Crippen molar-refractivity contribution in [2.24, 2.45) is 0 Å². The molecule has 3 rings (SSSR count). The number of carbonyl (C=O) groups is 1. The number of methoxy groups -OCH3 is 1. The number of aromatic hydroxyl groups is 1. The summed E-state index contributed by atoms with van der Waals surface area (Å²) in [5.41, 5.74) is 2.50. The molecular formula is C18H17N3O4. The fraction of sp³-hybridized carbons (Fsp3) is 0.167. The third kappa shape index (κ3) is 3.30. The quantitative estimate of drug-likeness (QED) is 0.694. The molecule has 0 atom stereocenters. The van der Waals surface area contributed by atoms with Crippen LogP contribution in [0.5, 0.6) is 11.5 Å². The number of carboxylic acids is 1. The van der Waals surface area contributed by atoms with Crippen LogP contribution in [0.25, 0.3) is 16.7 Å². The number of aromatic nitrogens is 3. The maximum Gasteiger partial charge on any atom is 0.330 e. The zero-order chi connectivity index (χ0) is 18.0. The van der Waals surface area contributed by atoms with Gasteiger partial charge in [-0.15, -0.1) is 15.0 Å². The number of phenols is 1. The Hall–Kier alpha value is -3.35. The average molecular weight is 339 g/mol. The van der Waals surface area contributed by atoms with Crippen molar-refractivity contribution in [1.82, 2.24) is 15.0 Å². The highest BCUT2D eigenvalue weighted by Crippen LogP contribution is 2.32. The molecule has 2 N–H and O–H groups in total. The lowest BCUT2D eigenvalue weighted by atomic mass is 10.1. The second-order valence-corrected chi connectivity index (χ2v) is 5.53. The van der Waals surface area contributed by atoms with Crippen molar-refractivity contribution in [3.8, 4) is 17.2 Å². The fourth-order valence-corrected chi connectivity index (χ4v) is 2.39. The molecule has 2 aromatic carbocycles. The Balaban J connectivity index is 2.08. The Morgan fingerprint density at radius 2 is 1.88 bits per heavy atom. The van der Waals surface area contributed by atoms with Crippen LogP contribution in [0, 0.1) is 0 Å².